The van der Waals surface area contributed by atoms with Crippen molar-refractivity contribution in [1.29, 1.82) is 0 Å². The molecule has 0 aliphatic carbocycles. The summed E-state index contributed by atoms with van der Waals surface area (Å²) in [5.74, 6) is 0.312. The van der Waals surface area contributed by atoms with Gasteiger partial charge in [0, 0.05) is 39.1 Å². The first-order chi connectivity index (χ1) is 9.79. The summed E-state index contributed by atoms with van der Waals surface area (Å²) in [4.78, 5) is 16.2. The molecule has 116 valence electrons. The van der Waals surface area contributed by atoms with Gasteiger partial charge in [0.2, 0.25) is 5.91 Å². The van der Waals surface area contributed by atoms with Gasteiger partial charge in [-0.2, -0.15) is 0 Å². The number of hydrogen-bond acceptors (Lipinski definition) is 2. The maximum absolute atomic E-state index is 11.8. The molecule has 0 atom stereocenters. The number of benzene rings is 1. The van der Waals surface area contributed by atoms with Gasteiger partial charge in [-0.25, -0.2) is 0 Å². The minimum absolute atomic E-state index is 0. The zero-order valence-corrected chi connectivity index (χ0v) is 13.5. The fourth-order valence-corrected chi connectivity index (χ4v) is 2.45. The van der Waals surface area contributed by atoms with Crippen LogP contribution in [0, 0.1) is 0 Å². The molecule has 1 heterocycles. The number of hydrogen-bond donors (Lipinski definition) is 0. The molecule has 0 N–H and O–H groups in total. The van der Waals surface area contributed by atoms with Crippen molar-refractivity contribution in [1.82, 2.24) is 9.80 Å². The number of amides is 1. The van der Waals surface area contributed by atoms with E-state index >= 15 is 0 Å². The second kappa shape index (κ2) is 9.59. The summed E-state index contributed by atoms with van der Waals surface area (Å²) >= 11 is 0. The van der Waals surface area contributed by atoms with Crippen LogP contribution in [-0.4, -0.2) is 48.4 Å². The largest absolute Gasteiger partial charge is 0.340 e. The Kier molecular flexibility index (Phi) is 8.09. The van der Waals surface area contributed by atoms with Gasteiger partial charge >= 0.3 is 0 Å². The molecule has 1 aliphatic rings. The lowest BCUT2D eigenvalue weighted by Gasteiger charge is -2.34. The van der Waals surface area contributed by atoms with Crippen LogP contribution in [0.25, 0.3) is 6.08 Å². The van der Waals surface area contributed by atoms with Crippen LogP contribution >= 0.6 is 12.4 Å². The summed E-state index contributed by atoms with van der Waals surface area (Å²) < 4.78 is 0. The Hall–Kier alpha value is -1.32. The second-order valence-corrected chi connectivity index (χ2v) is 5.24. The summed E-state index contributed by atoms with van der Waals surface area (Å²) in [6.45, 7) is 6.73. The van der Waals surface area contributed by atoms with Crippen LogP contribution in [0.15, 0.2) is 36.4 Å². The van der Waals surface area contributed by atoms with E-state index in [4.69, 9.17) is 0 Å². The van der Waals surface area contributed by atoms with Crippen molar-refractivity contribution in [2.24, 2.45) is 0 Å². The van der Waals surface area contributed by atoms with E-state index in [2.05, 4.69) is 48.2 Å². The van der Waals surface area contributed by atoms with E-state index in [1.54, 1.807) is 0 Å². The average Bonchev–Trinajstić information content (AvgIpc) is 2.49. The minimum atomic E-state index is 0. The molecule has 1 fully saturated rings. The van der Waals surface area contributed by atoms with Crippen LogP contribution < -0.4 is 0 Å². The Balaban J connectivity index is 0.00000220. The highest BCUT2D eigenvalue weighted by Crippen LogP contribution is 2.06. The first-order valence-electron chi connectivity index (χ1n) is 7.51. The molecule has 0 bridgehead atoms. The lowest BCUT2D eigenvalue weighted by Crippen LogP contribution is -2.48. The van der Waals surface area contributed by atoms with Crippen molar-refractivity contribution in [3.05, 3.63) is 42.0 Å². The smallest absolute Gasteiger partial charge is 0.222 e. The van der Waals surface area contributed by atoms with E-state index in [-0.39, 0.29) is 12.4 Å². The van der Waals surface area contributed by atoms with Gasteiger partial charge in [0.1, 0.15) is 0 Å². The Bertz CT molecular complexity index is 439. The van der Waals surface area contributed by atoms with E-state index in [1.807, 2.05) is 11.0 Å². The Morgan fingerprint density at radius 1 is 1.14 bits per heavy atom. The third kappa shape index (κ3) is 5.90. The number of piperazine rings is 1. The zero-order valence-electron chi connectivity index (χ0n) is 12.7. The van der Waals surface area contributed by atoms with Crippen molar-refractivity contribution >= 4 is 24.4 Å². The highest BCUT2D eigenvalue weighted by Gasteiger charge is 2.19. The third-order valence-corrected chi connectivity index (χ3v) is 3.66. The predicted molar refractivity (Wildman–Crippen MR) is 90.7 cm³/mol. The van der Waals surface area contributed by atoms with Crippen molar-refractivity contribution in [3.8, 4) is 0 Å². The van der Waals surface area contributed by atoms with Gasteiger partial charge in [-0.1, -0.05) is 49.4 Å². The van der Waals surface area contributed by atoms with E-state index in [9.17, 15) is 4.79 Å². The SMILES string of the molecule is CCCC(=O)N1CCN(C/C=C/c2ccccc2)CC1.Cl. The summed E-state index contributed by atoms with van der Waals surface area (Å²) in [6.07, 6.45) is 6.00. The molecule has 4 heteroatoms. The van der Waals surface area contributed by atoms with Gasteiger partial charge < -0.3 is 4.90 Å². The Morgan fingerprint density at radius 2 is 1.81 bits per heavy atom. The summed E-state index contributed by atoms with van der Waals surface area (Å²) in [7, 11) is 0. The van der Waals surface area contributed by atoms with Crippen molar-refractivity contribution in [2.45, 2.75) is 19.8 Å². The molecule has 1 aliphatic heterocycles. The van der Waals surface area contributed by atoms with Crippen LogP contribution in [0.1, 0.15) is 25.3 Å². The molecule has 0 radical (unpaired) electrons. The molecular formula is C17H25ClN2O. The molecular weight excluding hydrogens is 284 g/mol. The summed E-state index contributed by atoms with van der Waals surface area (Å²) in [5.41, 5.74) is 1.24. The number of rotatable bonds is 5. The standard InChI is InChI=1S/C17H24N2O.ClH/c1-2-7-17(20)19-14-12-18(13-15-19)11-6-10-16-8-4-3-5-9-16;/h3-6,8-10H,2,7,11-15H2,1H3;1H/b10-6+;. The van der Waals surface area contributed by atoms with Gasteiger partial charge in [-0.05, 0) is 12.0 Å². The van der Waals surface area contributed by atoms with E-state index in [0.717, 1.165) is 39.1 Å². The van der Waals surface area contributed by atoms with Crippen LogP contribution in [0.4, 0.5) is 0 Å². The van der Waals surface area contributed by atoms with Gasteiger partial charge in [0.05, 0.1) is 0 Å². The van der Waals surface area contributed by atoms with Crippen molar-refractivity contribution in [3.63, 3.8) is 0 Å². The maximum Gasteiger partial charge on any atom is 0.222 e. The summed E-state index contributed by atoms with van der Waals surface area (Å²) in [6, 6.07) is 10.4. The quantitative estimate of drug-likeness (QED) is 0.834. The summed E-state index contributed by atoms with van der Waals surface area (Å²) in [5, 5.41) is 0. The average molecular weight is 309 g/mol. The topological polar surface area (TPSA) is 23.6 Å². The van der Waals surface area contributed by atoms with Gasteiger partial charge in [0.15, 0.2) is 0 Å². The minimum Gasteiger partial charge on any atom is -0.340 e. The number of carbonyl (C=O) groups is 1. The monoisotopic (exact) mass is 308 g/mol. The maximum atomic E-state index is 11.8. The van der Waals surface area contributed by atoms with Crippen LogP contribution in [0.5, 0.6) is 0 Å². The molecule has 0 aromatic heterocycles. The second-order valence-electron chi connectivity index (χ2n) is 5.24. The lowest BCUT2D eigenvalue weighted by atomic mass is 10.2. The fraction of sp³-hybridized carbons (Fsp3) is 0.471. The third-order valence-electron chi connectivity index (χ3n) is 3.66. The van der Waals surface area contributed by atoms with Crippen LogP contribution in [-0.2, 0) is 4.79 Å². The molecule has 3 nitrogen and oxygen atoms in total. The number of nitrogens with zero attached hydrogens (tertiary/aromatic N) is 2. The van der Waals surface area contributed by atoms with Gasteiger partial charge in [0.25, 0.3) is 0 Å². The first kappa shape index (κ1) is 17.7. The van der Waals surface area contributed by atoms with Crippen molar-refractivity contribution in [2.75, 3.05) is 32.7 Å². The molecule has 1 amide bonds. The van der Waals surface area contributed by atoms with Gasteiger partial charge in [-0.15, -0.1) is 12.4 Å². The molecule has 21 heavy (non-hydrogen) atoms. The van der Waals surface area contributed by atoms with Crippen LogP contribution in [0.3, 0.4) is 0 Å². The van der Waals surface area contributed by atoms with Crippen LogP contribution in [0.2, 0.25) is 0 Å². The number of carbonyl (C=O) groups excluding carboxylic acids is 1. The van der Waals surface area contributed by atoms with Gasteiger partial charge in [-0.3, -0.25) is 9.69 Å². The Morgan fingerprint density at radius 3 is 2.43 bits per heavy atom. The zero-order chi connectivity index (χ0) is 14.2. The van der Waals surface area contributed by atoms with Crippen molar-refractivity contribution < 1.29 is 4.79 Å². The highest BCUT2D eigenvalue weighted by molar-refractivity contribution is 5.85. The first-order valence-corrected chi connectivity index (χ1v) is 7.51. The van der Waals surface area contributed by atoms with E-state index in [1.165, 1.54) is 5.56 Å². The molecule has 0 unspecified atom stereocenters. The number of halogens is 1. The lowest BCUT2D eigenvalue weighted by molar-refractivity contribution is -0.132. The molecule has 1 aromatic rings. The van der Waals surface area contributed by atoms with E-state index < -0.39 is 0 Å². The van der Waals surface area contributed by atoms with E-state index in [0.29, 0.717) is 12.3 Å². The molecule has 2 rings (SSSR count). The fourth-order valence-electron chi connectivity index (χ4n) is 2.45. The molecule has 1 aromatic carbocycles. The molecule has 1 saturated heterocycles. The Labute approximate surface area is 134 Å². The highest BCUT2D eigenvalue weighted by atomic mass is 35.5. The molecule has 0 spiro atoms. The predicted octanol–water partition coefficient (Wildman–Crippen LogP) is 3.07. The molecule has 0 saturated carbocycles. The normalized spacial score (nSPS) is 16.0.